The lowest BCUT2D eigenvalue weighted by Gasteiger charge is -1.94. The molecule has 1 heterocycles. The molecule has 1 rings (SSSR count). The zero-order valence-electron chi connectivity index (χ0n) is 5.42. The Morgan fingerprint density at radius 1 is 1.30 bits per heavy atom. The van der Waals surface area contributed by atoms with Crippen LogP contribution in [-0.2, 0) is 12.4 Å². The largest absolute Gasteiger partial charge is 0.325 e. The molecule has 0 aromatic carbocycles. The van der Waals surface area contributed by atoms with Crippen LogP contribution in [0.1, 0.15) is 11.4 Å². The molecule has 0 aliphatic carbocycles. The van der Waals surface area contributed by atoms with Crippen LogP contribution < -0.4 is 5.73 Å². The second-order valence-corrected chi connectivity index (χ2v) is 2.12. The predicted octanol–water partition coefficient (Wildman–Crippen LogP) is 0.674. The molecule has 2 N–H and O–H groups in total. The molecule has 3 nitrogen and oxygen atoms in total. The molecular weight excluding hydrogens is 150 g/mol. The van der Waals surface area contributed by atoms with Gasteiger partial charge in [0.25, 0.3) is 0 Å². The number of rotatable bonds is 2. The third-order valence-electron chi connectivity index (χ3n) is 1.12. The fourth-order valence-corrected chi connectivity index (χ4v) is 0.710. The average molecular weight is 158 g/mol. The van der Waals surface area contributed by atoms with Gasteiger partial charge in [0.15, 0.2) is 0 Å². The fraction of sp³-hybridized carbons (Fsp3) is 0.333. The lowest BCUT2D eigenvalue weighted by molar-refractivity contribution is 0.871. The van der Waals surface area contributed by atoms with Crippen LogP contribution in [0.25, 0.3) is 0 Å². The van der Waals surface area contributed by atoms with Crippen LogP contribution in [0.15, 0.2) is 12.1 Å². The maximum absolute atomic E-state index is 5.49. The molecular formula is C6H8ClN3. The quantitative estimate of drug-likeness (QED) is 0.643. The van der Waals surface area contributed by atoms with E-state index >= 15 is 0 Å². The zero-order chi connectivity index (χ0) is 7.40. The van der Waals surface area contributed by atoms with Crippen LogP contribution in [0.3, 0.4) is 0 Å². The smallest absolute Gasteiger partial charge is 0.0778 e. The molecule has 54 valence electrons. The number of halogens is 1. The summed E-state index contributed by atoms with van der Waals surface area (Å²) in [6.07, 6.45) is 0. The van der Waals surface area contributed by atoms with Crippen molar-refractivity contribution in [2.45, 2.75) is 12.4 Å². The normalized spacial score (nSPS) is 9.80. The standard InChI is InChI=1S/C6H8ClN3/c7-3-5-1-2-6(4-8)10-9-5/h1-2H,3-4,8H2. The highest BCUT2D eigenvalue weighted by atomic mass is 35.5. The van der Waals surface area contributed by atoms with Gasteiger partial charge in [-0.1, -0.05) is 0 Å². The number of aromatic nitrogens is 2. The number of alkyl halides is 1. The van der Waals surface area contributed by atoms with Gasteiger partial charge in [0, 0.05) is 6.54 Å². The van der Waals surface area contributed by atoms with Gasteiger partial charge in [-0.3, -0.25) is 0 Å². The fourth-order valence-electron chi connectivity index (χ4n) is 0.568. The van der Waals surface area contributed by atoms with E-state index in [1.165, 1.54) is 0 Å². The van der Waals surface area contributed by atoms with Gasteiger partial charge in [0.1, 0.15) is 0 Å². The summed E-state index contributed by atoms with van der Waals surface area (Å²) in [5.74, 6) is 0.401. The zero-order valence-corrected chi connectivity index (χ0v) is 6.17. The van der Waals surface area contributed by atoms with Crippen LogP contribution in [-0.4, -0.2) is 10.2 Å². The Labute approximate surface area is 64.2 Å². The van der Waals surface area contributed by atoms with Crippen molar-refractivity contribution in [1.82, 2.24) is 10.2 Å². The number of nitrogens with two attached hydrogens (primary N) is 1. The van der Waals surface area contributed by atoms with Gasteiger partial charge in [0.2, 0.25) is 0 Å². The van der Waals surface area contributed by atoms with Crippen molar-refractivity contribution in [2.24, 2.45) is 5.73 Å². The molecule has 0 saturated carbocycles. The summed E-state index contributed by atoms with van der Waals surface area (Å²) in [5, 5.41) is 7.61. The lowest BCUT2D eigenvalue weighted by Crippen LogP contribution is -2.01. The van der Waals surface area contributed by atoms with Gasteiger partial charge in [0.05, 0.1) is 17.3 Å². The minimum absolute atomic E-state index is 0.401. The molecule has 0 saturated heterocycles. The first-order chi connectivity index (χ1) is 4.86. The van der Waals surface area contributed by atoms with Crippen molar-refractivity contribution in [3.05, 3.63) is 23.5 Å². The summed E-state index contributed by atoms with van der Waals surface area (Å²) >= 11 is 5.49. The maximum Gasteiger partial charge on any atom is 0.0778 e. The summed E-state index contributed by atoms with van der Waals surface area (Å²) in [7, 11) is 0. The lowest BCUT2D eigenvalue weighted by atomic mass is 10.3. The Bertz CT molecular complexity index is 174. The van der Waals surface area contributed by atoms with E-state index in [0.717, 1.165) is 11.4 Å². The monoisotopic (exact) mass is 157 g/mol. The van der Waals surface area contributed by atoms with E-state index in [9.17, 15) is 0 Å². The predicted molar refractivity (Wildman–Crippen MR) is 39.5 cm³/mol. The molecule has 1 aromatic heterocycles. The van der Waals surface area contributed by atoms with Crippen LogP contribution in [0.2, 0.25) is 0 Å². The molecule has 0 amide bonds. The van der Waals surface area contributed by atoms with Crippen molar-refractivity contribution in [3.8, 4) is 0 Å². The molecule has 0 fully saturated rings. The maximum atomic E-state index is 5.49. The Morgan fingerprint density at radius 3 is 2.30 bits per heavy atom. The number of nitrogens with zero attached hydrogens (tertiary/aromatic N) is 2. The molecule has 1 aromatic rings. The Balaban J connectivity index is 2.80. The summed E-state index contributed by atoms with van der Waals surface area (Å²) < 4.78 is 0. The minimum atomic E-state index is 0.401. The van der Waals surface area contributed by atoms with Gasteiger partial charge in [-0.05, 0) is 12.1 Å². The van der Waals surface area contributed by atoms with Gasteiger partial charge in [-0.2, -0.15) is 10.2 Å². The first-order valence-corrected chi connectivity index (χ1v) is 3.48. The van der Waals surface area contributed by atoms with E-state index in [1.807, 2.05) is 12.1 Å². The van der Waals surface area contributed by atoms with Gasteiger partial charge in [-0.15, -0.1) is 11.6 Å². The topological polar surface area (TPSA) is 51.8 Å². The van der Waals surface area contributed by atoms with Crippen molar-refractivity contribution < 1.29 is 0 Å². The summed E-state index contributed by atoms with van der Waals surface area (Å²) in [6.45, 7) is 0.426. The van der Waals surface area contributed by atoms with Crippen LogP contribution in [0, 0.1) is 0 Å². The summed E-state index contributed by atoms with van der Waals surface area (Å²) in [5.41, 5.74) is 6.87. The van der Waals surface area contributed by atoms with Crippen LogP contribution >= 0.6 is 11.6 Å². The third-order valence-corrected chi connectivity index (χ3v) is 1.39. The Morgan fingerprint density at radius 2 is 1.90 bits per heavy atom. The van der Waals surface area contributed by atoms with E-state index in [1.54, 1.807) is 0 Å². The highest BCUT2D eigenvalue weighted by Crippen LogP contribution is 1.98. The first-order valence-electron chi connectivity index (χ1n) is 2.94. The highest BCUT2D eigenvalue weighted by Gasteiger charge is 1.92. The van der Waals surface area contributed by atoms with Crippen molar-refractivity contribution in [1.29, 1.82) is 0 Å². The van der Waals surface area contributed by atoms with E-state index in [4.69, 9.17) is 17.3 Å². The second kappa shape index (κ2) is 3.49. The van der Waals surface area contributed by atoms with E-state index in [2.05, 4.69) is 10.2 Å². The SMILES string of the molecule is NCc1ccc(CCl)nn1. The Kier molecular flexibility index (Phi) is 2.59. The van der Waals surface area contributed by atoms with Gasteiger partial charge in [-0.25, -0.2) is 0 Å². The van der Waals surface area contributed by atoms with E-state index in [-0.39, 0.29) is 0 Å². The molecule has 0 radical (unpaired) electrons. The molecule has 0 bridgehead atoms. The molecule has 4 heteroatoms. The Hall–Kier alpha value is -0.670. The molecule has 0 unspecified atom stereocenters. The van der Waals surface area contributed by atoms with Crippen molar-refractivity contribution in [2.75, 3.05) is 0 Å². The second-order valence-electron chi connectivity index (χ2n) is 1.85. The highest BCUT2D eigenvalue weighted by molar-refractivity contribution is 6.16. The minimum Gasteiger partial charge on any atom is -0.325 e. The summed E-state index contributed by atoms with van der Waals surface area (Å²) in [6, 6.07) is 3.65. The molecule has 0 spiro atoms. The molecule has 0 aliphatic heterocycles. The van der Waals surface area contributed by atoms with E-state index in [0.29, 0.717) is 12.4 Å². The first kappa shape index (κ1) is 7.44. The van der Waals surface area contributed by atoms with Gasteiger partial charge < -0.3 is 5.73 Å². The molecule has 0 aliphatic rings. The molecule has 10 heavy (non-hydrogen) atoms. The number of hydrogen-bond acceptors (Lipinski definition) is 3. The average Bonchev–Trinajstić information content (AvgIpc) is 2.05. The number of hydrogen-bond donors (Lipinski definition) is 1. The van der Waals surface area contributed by atoms with Crippen LogP contribution in [0.5, 0.6) is 0 Å². The van der Waals surface area contributed by atoms with Crippen molar-refractivity contribution >= 4 is 11.6 Å². The molecule has 0 atom stereocenters. The van der Waals surface area contributed by atoms with Gasteiger partial charge >= 0.3 is 0 Å². The summed E-state index contributed by atoms with van der Waals surface area (Å²) in [4.78, 5) is 0. The van der Waals surface area contributed by atoms with Crippen molar-refractivity contribution in [3.63, 3.8) is 0 Å². The van der Waals surface area contributed by atoms with E-state index < -0.39 is 0 Å². The van der Waals surface area contributed by atoms with Crippen LogP contribution in [0.4, 0.5) is 0 Å². The third kappa shape index (κ3) is 1.65.